The monoisotopic (exact) mass is 423 g/mol. The summed E-state index contributed by atoms with van der Waals surface area (Å²) in [5.74, 6) is 1.36. The van der Waals surface area contributed by atoms with Crippen LogP contribution < -0.4 is 4.74 Å². The van der Waals surface area contributed by atoms with Gasteiger partial charge in [0.2, 0.25) is 0 Å². The molecule has 0 aliphatic rings. The highest BCUT2D eigenvalue weighted by atomic mass is 35.5. The Hall–Kier alpha value is -3.25. The molecule has 30 heavy (non-hydrogen) atoms. The minimum Gasteiger partial charge on any atom is -0.486 e. The zero-order valence-electron chi connectivity index (χ0n) is 16.8. The van der Waals surface area contributed by atoms with E-state index in [4.69, 9.17) is 20.8 Å². The minimum absolute atomic E-state index is 0.230. The minimum atomic E-state index is -0.230. The number of hydrogen-bond donors (Lipinski definition) is 0. The van der Waals surface area contributed by atoms with Crippen molar-refractivity contribution in [3.8, 4) is 5.75 Å². The van der Waals surface area contributed by atoms with Crippen molar-refractivity contribution in [2.75, 3.05) is 7.05 Å². The number of aromatic nitrogens is 2. The molecule has 0 aliphatic carbocycles. The number of fused-ring (bicyclic) bond motifs is 1. The number of rotatable bonds is 7. The summed E-state index contributed by atoms with van der Waals surface area (Å²) in [4.78, 5) is 14.3. The van der Waals surface area contributed by atoms with E-state index in [0.717, 1.165) is 22.2 Å². The predicted molar refractivity (Wildman–Crippen MR) is 116 cm³/mol. The van der Waals surface area contributed by atoms with Gasteiger partial charge in [0.05, 0.1) is 23.5 Å². The molecule has 0 unspecified atom stereocenters. The van der Waals surface area contributed by atoms with Crippen molar-refractivity contribution in [3.63, 3.8) is 0 Å². The lowest BCUT2D eigenvalue weighted by molar-refractivity contribution is 0.0745. The van der Waals surface area contributed by atoms with Gasteiger partial charge in [-0.2, -0.15) is 5.10 Å². The first kappa shape index (κ1) is 20.0. The van der Waals surface area contributed by atoms with E-state index in [2.05, 4.69) is 11.2 Å². The standard InChI is InChI=1S/C23H22ClN3O3/c1-3-27-21(20(24)13-25-27)14-26(2)23(28)22-11-10-19(30-22)15-29-18-9-8-16-6-4-5-7-17(16)12-18/h4-13H,3,14-15H2,1-2H3. The first-order valence-electron chi connectivity index (χ1n) is 9.71. The fourth-order valence-electron chi connectivity index (χ4n) is 3.28. The number of carbonyl (C=O) groups is 1. The lowest BCUT2D eigenvalue weighted by Crippen LogP contribution is -2.27. The van der Waals surface area contributed by atoms with Crippen LogP contribution in [0.3, 0.4) is 0 Å². The Labute approximate surface area is 179 Å². The van der Waals surface area contributed by atoms with Gasteiger partial charge >= 0.3 is 0 Å². The zero-order chi connectivity index (χ0) is 21.1. The first-order valence-corrected chi connectivity index (χ1v) is 10.1. The molecule has 154 valence electrons. The highest BCUT2D eigenvalue weighted by Crippen LogP contribution is 2.22. The molecule has 2 aromatic heterocycles. The molecule has 4 aromatic rings. The molecule has 2 heterocycles. The molecule has 0 bridgehead atoms. The van der Waals surface area contributed by atoms with Gasteiger partial charge in [0, 0.05) is 13.6 Å². The average molecular weight is 424 g/mol. The topological polar surface area (TPSA) is 60.5 Å². The van der Waals surface area contributed by atoms with E-state index in [0.29, 0.717) is 23.9 Å². The number of nitrogens with zero attached hydrogens (tertiary/aromatic N) is 3. The number of halogens is 1. The third-order valence-electron chi connectivity index (χ3n) is 4.91. The van der Waals surface area contributed by atoms with Crippen LogP contribution in [0.2, 0.25) is 5.02 Å². The highest BCUT2D eigenvalue weighted by molar-refractivity contribution is 6.31. The molecular weight excluding hydrogens is 402 g/mol. The smallest absolute Gasteiger partial charge is 0.289 e. The van der Waals surface area contributed by atoms with Crippen LogP contribution in [0.5, 0.6) is 5.75 Å². The second-order valence-electron chi connectivity index (χ2n) is 6.98. The van der Waals surface area contributed by atoms with Gasteiger partial charge in [-0.05, 0) is 42.0 Å². The van der Waals surface area contributed by atoms with Crippen molar-refractivity contribution in [1.29, 1.82) is 0 Å². The summed E-state index contributed by atoms with van der Waals surface area (Å²) in [7, 11) is 1.71. The van der Waals surface area contributed by atoms with E-state index in [1.807, 2.05) is 43.3 Å². The van der Waals surface area contributed by atoms with Gasteiger partial charge in [0.25, 0.3) is 5.91 Å². The third kappa shape index (κ3) is 4.19. The molecule has 0 radical (unpaired) electrons. The highest BCUT2D eigenvalue weighted by Gasteiger charge is 2.19. The molecule has 0 N–H and O–H groups in total. The van der Waals surface area contributed by atoms with Crippen molar-refractivity contribution >= 4 is 28.3 Å². The molecule has 0 aliphatic heterocycles. The van der Waals surface area contributed by atoms with Crippen molar-refractivity contribution in [2.24, 2.45) is 0 Å². The summed E-state index contributed by atoms with van der Waals surface area (Å²) in [6.45, 7) is 3.24. The van der Waals surface area contributed by atoms with E-state index in [1.54, 1.807) is 35.0 Å². The molecule has 6 nitrogen and oxygen atoms in total. The normalized spacial score (nSPS) is 11.0. The van der Waals surface area contributed by atoms with E-state index in [-0.39, 0.29) is 18.3 Å². The molecule has 7 heteroatoms. The Kier molecular flexibility index (Phi) is 5.77. The van der Waals surface area contributed by atoms with Crippen molar-refractivity contribution in [3.05, 3.63) is 83.0 Å². The molecule has 2 aromatic carbocycles. The van der Waals surface area contributed by atoms with Crippen LogP contribution in [0, 0.1) is 0 Å². The van der Waals surface area contributed by atoms with Crippen LogP contribution in [-0.4, -0.2) is 27.6 Å². The fraction of sp³-hybridized carbons (Fsp3) is 0.217. The quantitative estimate of drug-likeness (QED) is 0.412. The van der Waals surface area contributed by atoms with Gasteiger partial charge in [0.1, 0.15) is 18.1 Å². The van der Waals surface area contributed by atoms with Crippen LogP contribution in [0.25, 0.3) is 10.8 Å². The summed E-state index contributed by atoms with van der Waals surface area (Å²) < 4.78 is 13.3. The number of amides is 1. The summed E-state index contributed by atoms with van der Waals surface area (Å²) in [6, 6.07) is 17.4. The summed E-state index contributed by atoms with van der Waals surface area (Å²) in [5.41, 5.74) is 0.793. The zero-order valence-corrected chi connectivity index (χ0v) is 17.6. The maximum absolute atomic E-state index is 12.7. The SMILES string of the molecule is CCn1ncc(Cl)c1CN(C)C(=O)c1ccc(COc2ccc3ccccc3c2)o1. The van der Waals surface area contributed by atoms with E-state index < -0.39 is 0 Å². The van der Waals surface area contributed by atoms with Gasteiger partial charge in [-0.3, -0.25) is 9.48 Å². The van der Waals surface area contributed by atoms with Crippen LogP contribution in [0.4, 0.5) is 0 Å². The number of carbonyl (C=O) groups excluding carboxylic acids is 1. The predicted octanol–water partition coefficient (Wildman–Crippen LogP) is 5.15. The number of aryl methyl sites for hydroxylation is 1. The van der Waals surface area contributed by atoms with Crippen molar-refractivity contribution < 1.29 is 13.9 Å². The van der Waals surface area contributed by atoms with Gasteiger partial charge < -0.3 is 14.1 Å². The average Bonchev–Trinajstić information content (AvgIpc) is 3.38. The second-order valence-corrected chi connectivity index (χ2v) is 7.39. The maximum Gasteiger partial charge on any atom is 0.289 e. The molecule has 0 atom stereocenters. The Morgan fingerprint density at radius 1 is 1.17 bits per heavy atom. The Morgan fingerprint density at radius 2 is 1.97 bits per heavy atom. The Bertz CT molecular complexity index is 1180. The lowest BCUT2D eigenvalue weighted by Gasteiger charge is -2.16. The van der Waals surface area contributed by atoms with Gasteiger partial charge in [-0.1, -0.05) is 41.9 Å². The van der Waals surface area contributed by atoms with E-state index >= 15 is 0 Å². The second kappa shape index (κ2) is 8.63. The Morgan fingerprint density at radius 3 is 2.77 bits per heavy atom. The first-order chi connectivity index (χ1) is 14.5. The molecule has 1 amide bonds. The van der Waals surface area contributed by atoms with Crippen LogP contribution in [0.1, 0.15) is 28.9 Å². The van der Waals surface area contributed by atoms with Crippen LogP contribution in [0.15, 0.2) is 65.2 Å². The van der Waals surface area contributed by atoms with E-state index in [9.17, 15) is 4.79 Å². The van der Waals surface area contributed by atoms with Gasteiger partial charge in [-0.25, -0.2) is 0 Å². The van der Waals surface area contributed by atoms with Crippen molar-refractivity contribution in [1.82, 2.24) is 14.7 Å². The summed E-state index contributed by atoms with van der Waals surface area (Å²) in [5, 5.41) is 7.01. The molecule has 0 saturated carbocycles. The van der Waals surface area contributed by atoms with Gasteiger partial charge in [0.15, 0.2) is 5.76 Å². The fourth-order valence-corrected chi connectivity index (χ4v) is 3.49. The summed E-state index contributed by atoms with van der Waals surface area (Å²) >= 11 is 6.20. The number of benzene rings is 2. The maximum atomic E-state index is 12.7. The van der Waals surface area contributed by atoms with Crippen LogP contribution in [-0.2, 0) is 19.7 Å². The molecule has 0 spiro atoms. The van der Waals surface area contributed by atoms with E-state index in [1.165, 1.54) is 0 Å². The molecule has 0 fully saturated rings. The third-order valence-corrected chi connectivity index (χ3v) is 5.22. The number of furan rings is 1. The number of hydrogen-bond acceptors (Lipinski definition) is 4. The lowest BCUT2D eigenvalue weighted by atomic mass is 10.1. The van der Waals surface area contributed by atoms with Gasteiger partial charge in [-0.15, -0.1) is 0 Å². The van der Waals surface area contributed by atoms with Crippen molar-refractivity contribution in [2.45, 2.75) is 26.6 Å². The number of ether oxygens (including phenoxy) is 1. The summed E-state index contributed by atoms with van der Waals surface area (Å²) in [6.07, 6.45) is 1.59. The molecule has 0 saturated heterocycles. The Balaban J connectivity index is 1.40. The molecular formula is C23H22ClN3O3. The molecule has 4 rings (SSSR count). The van der Waals surface area contributed by atoms with Crippen LogP contribution >= 0.6 is 11.6 Å². The largest absolute Gasteiger partial charge is 0.486 e.